The molecule has 0 nitrogen and oxygen atoms in total. The molecule has 0 spiro atoms. The van der Waals surface area contributed by atoms with Crippen molar-refractivity contribution in [3.05, 3.63) is 0 Å². The van der Waals surface area contributed by atoms with Crippen LogP contribution in [0.4, 0.5) is 0 Å². The highest BCUT2D eigenvalue weighted by atomic mass is 32.2. The average molecular weight is 172 g/mol. The van der Waals surface area contributed by atoms with Crippen LogP contribution < -0.4 is 0 Å². The van der Waals surface area contributed by atoms with Crippen molar-refractivity contribution in [3.8, 4) is 0 Å². The van der Waals surface area contributed by atoms with Gasteiger partial charge in [-0.15, -0.1) is 0 Å². The van der Waals surface area contributed by atoms with E-state index in [0.29, 0.717) is 0 Å². The number of hydrogen-bond acceptors (Lipinski definition) is 1. The van der Waals surface area contributed by atoms with Crippen LogP contribution in [-0.4, -0.2) is 10.5 Å². The fourth-order valence-corrected chi connectivity index (χ4v) is 4.29. The Bertz CT molecular complexity index is 131. The summed E-state index contributed by atoms with van der Waals surface area (Å²) >= 11 is 2.16. The molecule has 0 saturated carbocycles. The van der Waals surface area contributed by atoms with E-state index in [-0.39, 0.29) is 0 Å². The highest BCUT2D eigenvalue weighted by Crippen LogP contribution is 2.45. The molecule has 0 radical (unpaired) electrons. The van der Waals surface area contributed by atoms with Gasteiger partial charge in [0.15, 0.2) is 0 Å². The van der Waals surface area contributed by atoms with Gasteiger partial charge in [-0.1, -0.05) is 34.6 Å². The van der Waals surface area contributed by atoms with Crippen LogP contribution in [0.2, 0.25) is 0 Å². The summed E-state index contributed by atoms with van der Waals surface area (Å²) in [5.74, 6) is 2.71. The van der Waals surface area contributed by atoms with Crippen molar-refractivity contribution in [2.45, 2.75) is 45.1 Å². The predicted octanol–water partition coefficient (Wildman–Crippen LogP) is 3.42. The van der Waals surface area contributed by atoms with Gasteiger partial charge in [-0.3, -0.25) is 0 Å². The van der Waals surface area contributed by atoms with Crippen molar-refractivity contribution in [2.24, 2.45) is 17.8 Å². The van der Waals surface area contributed by atoms with Gasteiger partial charge in [0.1, 0.15) is 0 Å². The van der Waals surface area contributed by atoms with Crippen LogP contribution in [0, 0.1) is 17.8 Å². The Morgan fingerprint density at radius 1 is 1.00 bits per heavy atom. The minimum atomic E-state index is 0.859. The van der Waals surface area contributed by atoms with E-state index >= 15 is 0 Å². The van der Waals surface area contributed by atoms with E-state index in [1.165, 1.54) is 0 Å². The maximum absolute atomic E-state index is 2.41. The van der Waals surface area contributed by atoms with Gasteiger partial charge in [-0.2, -0.15) is 11.8 Å². The van der Waals surface area contributed by atoms with E-state index in [1.54, 1.807) is 0 Å². The number of rotatable bonds is 1. The molecular formula is C10H20S. The normalized spacial score (nSPS) is 45.3. The van der Waals surface area contributed by atoms with Gasteiger partial charge in [-0.05, 0) is 17.8 Å². The van der Waals surface area contributed by atoms with E-state index in [0.717, 1.165) is 28.3 Å². The van der Waals surface area contributed by atoms with Crippen LogP contribution in [0.15, 0.2) is 0 Å². The first-order valence-electron chi connectivity index (χ1n) is 4.69. The van der Waals surface area contributed by atoms with Gasteiger partial charge in [0.05, 0.1) is 0 Å². The molecule has 1 rings (SSSR count). The molecule has 1 fully saturated rings. The molecule has 4 unspecified atom stereocenters. The second-order valence-corrected chi connectivity index (χ2v) is 5.99. The highest BCUT2D eigenvalue weighted by Gasteiger charge is 2.37. The quantitative estimate of drug-likeness (QED) is 0.584. The average Bonchev–Trinajstić information content (AvgIpc) is 2.07. The molecule has 0 N–H and O–H groups in total. The van der Waals surface area contributed by atoms with Gasteiger partial charge in [0, 0.05) is 10.5 Å². The van der Waals surface area contributed by atoms with E-state index in [1.807, 2.05) is 0 Å². The van der Waals surface area contributed by atoms with E-state index < -0.39 is 0 Å². The second kappa shape index (κ2) is 3.38. The lowest BCUT2D eigenvalue weighted by Crippen LogP contribution is -2.22. The summed E-state index contributed by atoms with van der Waals surface area (Å²) in [6.07, 6.45) is 0. The smallest absolute Gasteiger partial charge is 0.00551 e. The third-order valence-electron chi connectivity index (χ3n) is 3.09. The summed E-state index contributed by atoms with van der Waals surface area (Å²) in [4.78, 5) is 0. The highest BCUT2D eigenvalue weighted by molar-refractivity contribution is 8.00. The first-order valence-corrected chi connectivity index (χ1v) is 5.63. The molecule has 0 aromatic heterocycles. The SMILES string of the molecule is CC(C)C1C(C)SC(C)C1C. The van der Waals surface area contributed by atoms with Crippen LogP contribution in [0.3, 0.4) is 0 Å². The largest absolute Gasteiger partial charge is 0.155 e. The van der Waals surface area contributed by atoms with Crippen molar-refractivity contribution in [1.29, 1.82) is 0 Å². The molecule has 0 aliphatic carbocycles. The van der Waals surface area contributed by atoms with Gasteiger partial charge < -0.3 is 0 Å². The summed E-state index contributed by atoms with van der Waals surface area (Å²) < 4.78 is 0. The molecule has 1 heteroatoms. The zero-order valence-electron chi connectivity index (χ0n) is 8.29. The third kappa shape index (κ3) is 1.74. The predicted molar refractivity (Wildman–Crippen MR) is 54.0 cm³/mol. The van der Waals surface area contributed by atoms with Crippen LogP contribution in [-0.2, 0) is 0 Å². The van der Waals surface area contributed by atoms with Gasteiger partial charge >= 0.3 is 0 Å². The minimum Gasteiger partial charge on any atom is -0.155 e. The molecule has 1 saturated heterocycles. The molecule has 0 aromatic rings. The van der Waals surface area contributed by atoms with Crippen LogP contribution >= 0.6 is 11.8 Å². The Morgan fingerprint density at radius 2 is 1.55 bits per heavy atom. The second-order valence-electron chi connectivity index (χ2n) is 4.23. The Hall–Kier alpha value is 0.350. The molecule has 1 aliphatic rings. The van der Waals surface area contributed by atoms with E-state index in [9.17, 15) is 0 Å². The topological polar surface area (TPSA) is 0 Å². The molecule has 0 bridgehead atoms. The summed E-state index contributed by atoms with van der Waals surface area (Å²) in [5.41, 5.74) is 0. The maximum atomic E-state index is 2.41. The molecule has 0 aromatic carbocycles. The lowest BCUT2D eigenvalue weighted by atomic mass is 9.81. The van der Waals surface area contributed by atoms with Crippen LogP contribution in [0.25, 0.3) is 0 Å². The third-order valence-corrected chi connectivity index (χ3v) is 4.69. The first kappa shape index (κ1) is 9.44. The molecular weight excluding hydrogens is 152 g/mol. The zero-order chi connectivity index (χ0) is 8.59. The van der Waals surface area contributed by atoms with Crippen molar-refractivity contribution < 1.29 is 0 Å². The Labute approximate surface area is 75.1 Å². The summed E-state index contributed by atoms with van der Waals surface area (Å²) in [7, 11) is 0. The fraction of sp³-hybridized carbons (Fsp3) is 1.00. The fourth-order valence-electron chi connectivity index (χ4n) is 2.44. The molecule has 0 amide bonds. The molecule has 4 atom stereocenters. The van der Waals surface area contributed by atoms with Crippen molar-refractivity contribution in [3.63, 3.8) is 0 Å². The standard InChI is InChI=1S/C10H20S/c1-6(2)10-7(3)8(4)11-9(10)5/h6-10H,1-5H3. The van der Waals surface area contributed by atoms with Crippen molar-refractivity contribution in [2.75, 3.05) is 0 Å². The Kier molecular flexibility index (Phi) is 2.90. The van der Waals surface area contributed by atoms with Gasteiger partial charge in [0.2, 0.25) is 0 Å². The zero-order valence-corrected chi connectivity index (χ0v) is 9.11. The van der Waals surface area contributed by atoms with Crippen LogP contribution in [0.5, 0.6) is 0 Å². The molecule has 66 valence electrons. The lowest BCUT2D eigenvalue weighted by molar-refractivity contribution is 0.288. The number of thioether (sulfide) groups is 1. The summed E-state index contributed by atoms with van der Waals surface area (Å²) in [6.45, 7) is 11.9. The lowest BCUT2D eigenvalue weighted by Gasteiger charge is -2.23. The van der Waals surface area contributed by atoms with Gasteiger partial charge in [-0.25, -0.2) is 0 Å². The Balaban J connectivity index is 2.63. The maximum Gasteiger partial charge on any atom is 0.00551 e. The molecule has 1 heterocycles. The number of hydrogen-bond donors (Lipinski definition) is 0. The Morgan fingerprint density at radius 3 is 1.73 bits per heavy atom. The molecule has 1 aliphatic heterocycles. The minimum absolute atomic E-state index is 0.859. The van der Waals surface area contributed by atoms with Crippen molar-refractivity contribution in [1.82, 2.24) is 0 Å². The van der Waals surface area contributed by atoms with Gasteiger partial charge in [0.25, 0.3) is 0 Å². The van der Waals surface area contributed by atoms with Crippen molar-refractivity contribution >= 4 is 11.8 Å². The van der Waals surface area contributed by atoms with Crippen LogP contribution in [0.1, 0.15) is 34.6 Å². The van der Waals surface area contributed by atoms with E-state index in [2.05, 4.69) is 46.4 Å². The monoisotopic (exact) mass is 172 g/mol. The summed E-state index contributed by atoms with van der Waals surface area (Å²) in [6, 6.07) is 0. The van der Waals surface area contributed by atoms with E-state index in [4.69, 9.17) is 0 Å². The molecule has 11 heavy (non-hydrogen) atoms. The summed E-state index contributed by atoms with van der Waals surface area (Å²) in [5, 5.41) is 1.75. The first-order chi connectivity index (χ1) is 5.04.